The summed E-state index contributed by atoms with van der Waals surface area (Å²) < 4.78 is 2.44. The maximum Gasteiger partial charge on any atom is 0.278 e. The van der Waals surface area contributed by atoms with Crippen molar-refractivity contribution in [1.29, 1.82) is 0 Å². The van der Waals surface area contributed by atoms with Gasteiger partial charge in [0.15, 0.2) is 5.69 Å². The van der Waals surface area contributed by atoms with Crippen molar-refractivity contribution in [2.75, 3.05) is 18.9 Å². The predicted octanol–water partition coefficient (Wildman–Crippen LogP) is 3.32. The van der Waals surface area contributed by atoms with Gasteiger partial charge in [0.25, 0.3) is 5.91 Å². The lowest BCUT2D eigenvalue weighted by Gasteiger charge is -2.18. The average Bonchev–Trinajstić information content (AvgIpc) is 2.70. The number of carbonyl (C=O) groups excluding carboxylic acids is 2. The van der Waals surface area contributed by atoms with Crippen LogP contribution in [0.1, 0.15) is 21.7 Å². The molecule has 0 radical (unpaired) electrons. The molecule has 0 aliphatic carbocycles. The molecule has 0 atom stereocenters. The van der Waals surface area contributed by atoms with Gasteiger partial charge in [0.2, 0.25) is 11.3 Å². The van der Waals surface area contributed by atoms with Crippen molar-refractivity contribution in [3.63, 3.8) is 0 Å². The van der Waals surface area contributed by atoms with E-state index in [1.54, 1.807) is 13.0 Å². The molecule has 3 rings (SSSR count). The number of hydrogen-bond acceptors (Lipinski definition) is 4. The third-order valence-electron chi connectivity index (χ3n) is 4.50. The summed E-state index contributed by atoms with van der Waals surface area (Å²) in [7, 11) is 1.46. The van der Waals surface area contributed by atoms with Crippen LogP contribution < -0.4 is 10.7 Å². The normalized spacial score (nSPS) is 10.5. The van der Waals surface area contributed by atoms with Crippen LogP contribution in [0.2, 0.25) is 0 Å². The van der Waals surface area contributed by atoms with Crippen molar-refractivity contribution in [3.05, 3.63) is 86.2 Å². The second kappa shape index (κ2) is 9.04. The molecule has 0 aliphatic rings. The first-order chi connectivity index (χ1) is 14.3. The van der Waals surface area contributed by atoms with Crippen molar-refractivity contribution in [2.45, 2.75) is 13.8 Å². The van der Waals surface area contributed by atoms with Crippen molar-refractivity contribution in [3.8, 4) is 5.69 Å². The standard InChI is InChI=1S/C22H21BrN4O3/c1-14-11-16(23)9-10-18(14)24-20(29)13-26(3)22(30)21-19(28)12-15(2)27(25-21)17-7-5-4-6-8-17/h4-12H,13H2,1-3H3,(H,24,29). The maximum absolute atomic E-state index is 12.8. The Morgan fingerprint density at radius 1 is 1.10 bits per heavy atom. The van der Waals surface area contributed by atoms with Crippen LogP contribution in [0.25, 0.3) is 5.69 Å². The molecule has 1 heterocycles. The molecule has 2 aromatic carbocycles. The fourth-order valence-corrected chi connectivity index (χ4v) is 3.43. The van der Waals surface area contributed by atoms with Gasteiger partial charge in [-0.05, 0) is 49.7 Å². The second-order valence-electron chi connectivity index (χ2n) is 6.91. The van der Waals surface area contributed by atoms with Gasteiger partial charge < -0.3 is 10.2 Å². The van der Waals surface area contributed by atoms with E-state index in [2.05, 4.69) is 26.3 Å². The molecule has 0 fully saturated rings. The highest BCUT2D eigenvalue weighted by molar-refractivity contribution is 9.10. The lowest BCUT2D eigenvalue weighted by molar-refractivity contribution is -0.116. The van der Waals surface area contributed by atoms with Crippen LogP contribution in [0.5, 0.6) is 0 Å². The number of carbonyl (C=O) groups is 2. The minimum atomic E-state index is -0.618. The second-order valence-corrected chi connectivity index (χ2v) is 7.83. The predicted molar refractivity (Wildman–Crippen MR) is 119 cm³/mol. The van der Waals surface area contributed by atoms with Gasteiger partial charge in [-0.2, -0.15) is 5.10 Å². The van der Waals surface area contributed by atoms with E-state index < -0.39 is 11.3 Å². The van der Waals surface area contributed by atoms with Gasteiger partial charge >= 0.3 is 0 Å². The number of likely N-dealkylation sites (N-methyl/N-ethyl adjacent to an activating group) is 1. The molecule has 0 aliphatic heterocycles. The molecule has 0 saturated carbocycles. The van der Waals surface area contributed by atoms with Gasteiger partial charge in [-0.25, -0.2) is 4.68 Å². The number of hydrogen-bond donors (Lipinski definition) is 1. The molecule has 0 saturated heterocycles. The molecule has 7 nitrogen and oxygen atoms in total. The molecular weight excluding hydrogens is 448 g/mol. The molecule has 2 amide bonds. The highest BCUT2D eigenvalue weighted by atomic mass is 79.9. The lowest BCUT2D eigenvalue weighted by Crippen LogP contribution is -2.38. The highest BCUT2D eigenvalue weighted by Crippen LogP contribution is 2.20. The molecule has 30 heavy (non-hydrogen) atoms. The fraction of sp³-hybridized carbons (Fsp3) is 0.182. The number of nitrogens with one attached hydrogen (secondary N) is 1. The monoisotopic (exact) mass is 468 g/mol. The summed E-state index contributed by atoms with van der Waals surface area (Å²) in [6.07, 6.45) is 0. The summed E-state index contributed by atoms with van der Waals surface area (Å²) in [5.41, 5.74) is 2.16. The topological polar surface area (TPSA) is 84.3 Å². The van der Waals surface area contributed by atoms with Crippen LogP contribution in [0, 0.1) is 13.8 Å². The summed E-state index contributed by atoms with van der Waals surface area (Å²) in [6, 6.07) is 16.1. The first-order valence-corrected chi connectivity index (χ1v) is 10.0. The van der Waals surface area contributed by atoms with E-state index in [0.717, 1.165) is 15.7 Å². The smallest absolute Gasteiger partial charge is 0.278 e. The third-order valence-corrected chi connectivity index (χ3v) is 4.99. The molecule has 1 aromatic heterocycles. The maximum atomic E-state index is 12.8. The zero-order chi connectivity index (χ0) is 21.8. The van der Waals surface area contributed by atoms with E-state index in [0.29, 0.717) is 11.4 Å². The largest absolute Gasteiger partial charge is 0.331 e. The van der Waals surface area contributed by atoms with Gasteiger partial charge in [0.05, 0.1) is 12.2 Å². The highest BCUT2D eigenvalue weighted by Gasteiger charge is 2.21. The Morgan fingerprint density at radius 2 is 1.80 bits per heavy atom. The van der Waals surface area contributed by atoms with E-state index in [1.807, 2.05) is 49.4 Å². The number of para-hydroxylation sites is 1. The van der Waals surface area contributed by atoms with Gasteiger partial charge in [0.1, 0.15) is 0 Å². The van der Waals surface area contributed by atoms with E-state index in [1.165, 1.54) is 22.7 Å². The summed E-state index contributed by atoms with van der Waals surface area (Å²) in [4.78, 5) is 38.8. The van der Waals surface area contributed by atoms with E-state index in [9.17, 15) is 14.4 Å². The Kier molecular flexibility index (Phi) is 6.47. The number of aromatic nitrogens is 2. The van der Waals surface area contributed by atoms with Crippen molar-refractivity contribution in [1.82, 2.24) is 14.7 Å². The van der Waals surface area contributed by atoms with Crippen LogP contribution in [0.4, 0.5) is 5.69 Å². The number of rotatable bonds is 5. The van der Waals surface area contributed by atoms with Crippen molar-refractivity contribution in [2.24, 2.45) is 0 Å². The Balaban J connectivity index is 1.79. The number of nitrogens with zero attached hydrogens (tertiary/aromatic N) is 3. The number of benzene rings is 2. The summed E-state index contributed by atoms with van der Waals surface area (Å²) in [5.74, 6) is -0.987. The summed E-state index contributed by atoms with van der Waals surface area (Å²) >= 11 is 3.38. The molecular formula is C22H21BrN4O3. The Labute approximate surface area is 182 Å². The van der Waals surface area contributed by atoms with E-state index in [4.69, 9.17) is 0 Å². The molecule has 0 spiro atoms. The Bertz CT molecular complexity index is 1160. The number of aryl methyl sites for hydroxylation is 2. The molecule has 0 bridgehead atoms. The number of amides is 2. The lowest BCUT2D eigenvalue weighted by atomic mass is 10.2. The van der Waals surface area contributed by atoms with Gasteiger partial charge in [-0.3, -0.25) is 14.4 Å². The zero-order valence-corrected chi connectivity index (χ0v) is 18.4. The molecule has 1 N–H and O–H groups in total. The van der Waals surface area contributed by atoms with Crippen LogP contribution in [0.3, 0.4) is 0 Å². The molecule has 3 aromatic rings. The minimum absolute atomic E-state index is 0.214. The molecule has 154 valence electrons. The van der Waals surface area contributed by atoms with Gasteiger partial charge in [0, 0.05) is 29.0 Å². The average molecular weight is 469 g/mol. The summed E-state index contributed by atoms with van der Waals surface area (Å²) in [6.45, 7) is 3.40. The van der Waals surface area contributed by atoms with Crippen molar-refractivity contribution >= 4 is 33.4 Å². The SMILES string of the molecule is Cc1cc(Br)ccc1NC(=O)CN(C)C(=O)c1nn(-c2ccccc2)c(C)cc1=O. The van der Waals surface area contributed by atoms with Gasteiger partial charge in [-0.15, -0.1) is 0 Å². The first kappa shape index (κ1) is 21.4. The van der Waals surface area contributed by atoms with Crippen LogP contribution in [-0.4, -0.2) is 40.1 Å². The summed E-state index contributed by atoms with van der Waals surface area (Å²) in [5, 5.41) is 7.03. The van der Waals surface area contributed by atoms with Crippen LogP contribution >= 0.6 is 15.9 Å². The Hall–Kier alpha value is -3.26. The third kappa shape index (κ3) is 4.83. The Morgan fingerprint density at radius 3 is 2.47 bits per heavy atom. The zero-order valence-electron chi connectivity index (χ0n) is 16.8. The number of anilines is 1. The quantitative estimate of drug-likeness (QED) is 0.622. The van der Waals surface area contributed by atoms with Crippen LogP contribution in [-0.2, 0) is 4.79 Å². The number of halogens is 1. The minimum Gasteiger partial charge on any atom is -0.331 e. The first-order valence-electron chi connectivity index (χ1n) is 9.24. The van der Waals surface area contributed by atoms with Crippen molar-refractivity contribution < 1.29 is 9.59 Å². The molecule has 8 heteroatoms. The van der Waals surface area contributed by atoms with E-state index in [-0.39, 0.29) is 18.1 Å². The van der Waals surface area contributed by atoms with E-state index >= 15 is 0 Å². The van der Waals surface area contributed by atoms with Crippen LogP contribution in [0.15, 0.2) is 63.9 Å². The van der Waals surface area contributed by atoms with Gasteiger partial charge in [-0.1, -0.05) is 34.1 Å². The fourth-order valence-electron chi connectivity index (χ4n) is 2.95. The molecule has 0 unspecified atom stereocenters.